The second-order valence-corrected chi connectivity index (χ2v) is 4.58. The Hall–Kier alpha value is -0.570. The Balaban J connectivity index is 2.19. The van der Waals surface area contributed by atoms with Crippen LogP contribution in [0, 0.1) is 5.92 Å². The molecule has 0 atom stereocenters. The van der Waals surface area contributed by atoms with Gasteiger partial charge in [0, 0.05) is 19.5 Å². The molecule has 0 radical (unpaired) electrons. The maximum Gasteiger partial charge on any atom is 0.216 e. The van der Waals surface area contributed by atoms with E-state index in [4.69, 9.17) is 0 Å². The third-order valence-corrected chi connectivity index (χ3v) is 3.19. The summed E-state index contributed by atoms with van der Waals surface area (Å²) in [4.78, 5) is 13.1. The van der Waals surface area contributed by atoms with Crippen LogP contribution in [-0.4, -0.2) is 37.5 Å². The summed E-state index contributed by atoms with van der Waals surface area (Å²) in [6.07, 6.45) is 5.06. The number of amides is 1. The molecule has 14 heavy (non-hydrogen) atoms. The number of nitrogens with one attached hydrogen (secondary N) is 1. The van der Waals surface area contributed by atoms with Crippen molar-refractivity contribution in [1.82, 2.24) is 10.2 Å². The summed E-state index contributed by atoms with van der Waals surface area (Å²) < 4.78 is 0. The molecule has 1 aliphatic carbocycles. The van der Waals surface area contributed by atoms with Gasteiger partial charge < -0.3 is 10.2 Å². The molecule has 1 saturated carbocycles. The second kappa shape index (κ2) is 5.35. The highest BCUT2D eigenvalue weighted by Crippen LogP contribution is 2.25. The zero-order valence-electron chi connectivity index (χ0n) is 9.55. The quantitative estimate of drug-likeness (QED) is 0.740. The SMILES string of the molecule is CC(=O)NCC1CCC(N(C)C)CC1. The molecule has 1 N–H and O–H groups in total. The third-order valence-electron chi connectivity index (χ3n) is 3.19. The van der Waals surface area contributed by atoms with Crippen molar-refractivity contribution in [1.29, 1.82) is 0 Å². The van der Waals surface area contributed by atoms with Crippen LogP contribution in [0.1, 0.15) is 32.6 Å². The number of hydrogen-bond donors (Lipinski definition) is 1. The lowest BCUT2D eigenvalue weighted by Gasteiger charge is -2.32. The molecule has 1 amide bonds. The minimum absolute atomic E-state index is 0.0970. The molecule has 1 rings (SSSR count). The summed E-state index contributed by atoms with van der Waals surface area (Å²) in [5.41, 5.74) is 0. The fourth-order valence-electron chi connectivity index (χ4n) is 2.15. The van der Waals surface area contributed by atoms with Gasteiger partial charge in [0.1, 0.15) is 0 Å². The van der Waals surface area contributed by atoms with Crippen molar-refractivity contribution in [3.8, 4) is 0 Å². The summed E-state index contributed by atoms with van der Waals surface area (Å²) in [7, 11) is 4.30. The third kappa shape index (κ3) is 3.66. The lowest BCUT2D eigenvalue weighted by atomic mass is 9.85. The van der Waals surface area contributed by atoms with E-state index in [0.29, 0.717) is 5.92 Å². The summed E-state index contributed by atoms with van der Waals surface area (Å²) in [6, 6.07) is 0.753. The minimum atomic E-state index is 0.0970. The van der Waals surface area contributed by atoms with Crippen LogP contribution in [0.3, 0.4) is 0 Å². The lowest BCUT2D eigenvalue weighted by Crippen LogP contribution is -2.35. The van der Waals surface area contributed by atoms with Crippen molar-refractivity contribution in [2.75, 3.05) is 20.6 Å². The van der Waals surface area contributed by atoms with Gasteiger partial charge in [0.15, 0.2) is 0 Å². The second-order valence-electron chi connectivity index (χ2n) is 4.58. The maximum absolute atomic E-state index is 10.7. The Labute approximate surface area is 86.9 Å². The molecular formula is C11H22N2O. The summed E-state index contributed by atoms with van der Waals surface area (Å²) >= 11 is 0. The zero-order valence-corrected chi connectivity index (χ0v) is 9.55. The first-order valence-corrected chi connectivity index (χ1v) is 5.50. The molecule has 0 aromatic rings. The van der Waals surface area contributed by atoms with Gasteiger partial charge in [-0.25, -0.2) is 0 Å². The van der Waals surface area contributed by atoms with Crippen molar-refractivity contribution in [3.63, 3.8) is 0 Å². The van der Waals surface area contributed by atoms with E-state index in [2.05, 4.69) is 24.3 Å². The standard InChI is InChI=1S/C11H22N2O/c1-9(14)12-8-10-4-6-11(7-5-10)13(2)3/h10-11H,4-8H2,1-3H3,(H,12,14). The molecule has 0 aromatic carbocycles. The highest BCUT2D eigenvalue weighted by atomic mass is 16.1. The van der Waals surface area contributed by atoms with Crippen molar-refractivity contribution in [2.45, 2.75) is 38.6 Å². The highest BCUT2D eigenvalue weighted by molar-refractivity contribution is 5.72. The molecule has 0 spiro atoms. The molecule has 0 aromatic heterocycles. The predicted molar refractivity (Wildman–Crippen MR) is 58.1 cm³/mol. The van der Waals surface area contributed by atoms with E-state index in [1.54, 1.807) is 6.92 Å². The van der Waals surface area contributed by atoms with Gasteiger partial charge in [-0.15, -0.1) is 0 Å². The van der Waals surface area contributed by atoms with Crippen molar-refractivity contribution >= 4 is 5.91 Å². The molecule has 82 valence electrons. The van der Waals surface area contributed by atoms with Crippen LogP contribution in [0.25, 0.3) is 0 Å². The van der Waals surface area contributed by atoms with E-state index in [-0.39, 0.29) is 5.91 Å². The first-order valence-electron chi connectivity index (χ1n) is 5.50. The van der Waals surface area contributed by atoms with Gasteiger partial charge in [0.25, 0.3) is 0 Å². The molecule has 0 heterocycles. The topological polar surface area (TPSA) is 32.3 Å². The number of rotatable bonds is 3. The first kappa shape index (κ1) is 11.5. The van der Waals surface area contributed by atoms with Gasteiger partial charge in [-0.2, -0.15) is 0 Å². The Kier molecular flexibility index (Phi) is 4.39. The molecule has 3 heteroatoms. The van der Waals surface area contributed by atoms with Gasteiger partial charge in [-0.3, -0.25) is 4.79 Å². The Morgan fingerprint density at radius 2 is 1.86 bits per heavy atom. The molecule has 0 saturated heterocycles. The van der Waals surface area contributed by atoms with Gasteiger partial charge in [0.2, 0.25) is 5.91 Å². The van der Waals surface area contributed by atoms with Crippen molar-refractivity contribution < 1.29 is 4.79 Å². The van der Waals surface area contributed by atoms with E-state index in [1.165, 1.54) is 25.7 Å². The van der Waals surface area contributed by atoms with Crippen LogP contribution in [-0.2, 0) is 4.79 Å². The highest BCUT2D eigenvalue weighted by Gasteiger charge is 2.22. The predicted octanol–water partition coefficient (Wildman–Crippen LogP) is 1.24. The van der Waals surface area contributed by atoms with Crippen LogP contribution >= 0.6 is 0 Å². The molecule has 0 aliphatic heterocycles. The Morgan fingerprint density at radius 1 is 1.29 bits per heavy atom. The zero-order chi connectivity index (χ0) is 10.6. The van der Waals surface area contributed by atoms with E-state index >= 15 is 0 Å². The van der Waals surface area contributed by atoms with Gasteiger partial charge in [-0.1, -0.05) is 0 Å². The molecule has 3 nitrogen and oxygen atoms in total. The molecular weight excluding hydrogens is 176 g/mol. The van der Waals surface area contributed by atoms with E-state index in [0.717, 1.165) is 12.6 Å². The van der Waals surface area contributed by atoms with Crippen LogP contribution in [0.5, 0.6) is 0 Å². The van der Waals surface area contributed by atoms with E-state index < -0.39 is 0 Å². The van der Waals surface area contributed by atoms with E-state index in [9.17, 15) is 4.79 Å². The smallest absolute Gasteiger partial charge is 0.216 e. The average molecular weight is 198 g/mol. The summed E-state index contributed by atoms with van der Waals surface area (Å²) in [5, 5.41) is 2.91. The largest absolute Gasteiger partial charge is 0.356 e. The molecule has 0 unspecified atom stereocenters. The Morgan fingerprint density at radius 3 is 2.29 bits per heavy atom. The normalized spacial score (nSPS) is 27.7. The van der Waals surface area contributed by atoms with Gasteiger partial charge in [-0.05, 0) is 45.7 Å². The number of hydrogen-bond acceptors (Lipinski definition) is 2. The first-order chi connectivity index (χ1) is 6.59. The number of carbonyl (C=O) groups excluding carboxylic acids is 1. The van der Waals surface area contributed by atoms with Crippen LogP contribution in [0.15, 0.2) is 0 Å². The van der Waals surface area contributed by atoms with Crippen molar-refractivity contribution in [2.24, 2.45) is 5.92 Å². The van der Waals surface area contributed by atoms with Crippen molar-refractivity contribution in [3.05, 3.63) is 0 Å². The van der Waals surface area contributed by atoms with Crippen LogP contribution in [0.2, 0.25) is 0 Å². The fraction of sp³-hybridized carbons (Fsp3) is 0.909. The summed E-state index contributed by atoms with van der Waals surface area (Å²) in [5.74, 6) is 0.801. The number of nitrogens with zero attached hydrogens (tertiary/aromatic N) is 1. The van der Waals surface area contributed by atoms with Crippen LogP contribution < -0.4 is 5.32 Å². The average Bonchev–Trinajstić information content (AvgIpc) is 2.15. The van der Waals surface area contributed by atoms with Gasteiger partial charge >= 0.3 is 0 Å². The minimum Gasteiger partial charge on any atom is -0.356 e. The molecule has 0 bridgehead atoms. The van der Waals surface area contributed by atoms with E-state index in [1.807, 2.05) is 0 Å². The van der Waals surface area contributed by atoms with Gasteiger partial charge in [0.05, 0.1) is 0 Å². The number of carbonyl (C=O) groups is 1. The fourth-order valence-corrected chi connectivity index (χ4v) is 2.15. The monoisotopic (exact) mass is 198 g/mol. The maximum atomic E-state index is 10.7. The summed E-state index contributed by atoms with van der Waals surface area (Å²) in [6.45, 7) is 2.46. The molecule has 1 aliphatic rings. The molecule has 1 fully saturated rings. The Bertz CT molecular complexity index is 184. The van der Waals surface area contributed by atoms with Crippen LogP contribution in [0.4, 0.5) is 0 Å². The lowest BCUT2D eigenvalue weighted by molar-refractivity contribution is -0.119.